The van der Waals surface area contributed by atoms with Crippen molar-refractivity contribution in [1.82, 2.24) is 0 Å². The van der Waals surface area contributed by atoms with Crippen molar-refractivity contribution in [3.8, 4) is 5.75 Å². The van der Waals surface area contributed by atoms with Crippen LogP contribution in [0.15, 0.2) is 22.0 Å². The molecule has 68 valence electrons. The second-order valence-corrected chi connectivity index (χ2v) is 4.62. The Hall–Kier alpha value is -0.540. The molecule has 0 unspecified atom stereocenters. The lowest BCUT2D eigenvalue weighted by Crippen LogP contribution is -1.87. The third kappa shape index (κ3) is 1.36. The van der Waals surface area contributed by atoms with Crippen LogP contribution in [0.3, 0.4) is 0 Å². The molecule has 0 fully saturated rings. The summed E-state index contributed by atoms with van der Waals surface area (Å²) in [6.45, 7) is 2.08. The molecule has 0 amide bonds. The summed E-state index contributed by atoms with van der Waals surface area (Å²) >= 11 is 5.28. The minimum atomic E-state index is 0.942. The summed E-state index contributed by atoms with van der Waals surface area (Å²) in [6, 6.07) is 4.15. The van der Waals surface area contributed by atoms with Crippen LogP contribution in [0.25, 0.3) is 10.1 Å². The fraction of sp³-hybridized carbons (Fsp3) is 0.200. The van der Waals surface area contributed by atoms with Crippen LogP contribution in [0.5, 0.6) is 5.75 Å². The van der Waals surface area contributed by atoms with Crippen molar-refractivity contribution >= 4 is 37.4 Å². The Balaban J connectivity index is 2.85. The molecule has 0 radical (unpaired) electrons. The standard InChI is InChI=1S/C10H9BrOS/c1-6-7-3-4-13-10(7)8(11)5-9(6)12-2/h3-5H,1-2H3. The van der Waals surface area contributed by atoms with E-state index in [1.165, 1.54) is 15.6 Å². The first-order valence-electron chi connectivity index (χ1n) is 3.94. The van der Waals surface area contributed by atoms with Gasteiger partial charge in [0.1, 0.15) is 5.75 Å². The minimum absolute atomic E-state index is 0.942. The highest BCUT2D eigenvalue weighted by molar-refractivity contribution is 9.10. The molecule has 0 atom stereocenters. The second-order valence-electron chi connectivity index (χ2n) is 2.85. The third-order valence-electron chi connectivity index (χ3n) is 2.13. The number of fused-ring (bicyclic) bond motifs is 1. The van der Waals surface area contributed by atoms with Gasteiger partial charge in [0.15, 0.2) is 0 Å². The zero-order valence-corrected chi connectivity index (χ0v) is 9.83. The number of methoxy groups -OCH3 is 1. The van der Waals surface area contributed by atoms with E-state index in [9.17, 15) is 0 Å². The van der Waals surface area contributed by atoms with Gasteiger partial charge in [-0.25, -0.2) is 0 Å². The quantitative estimate of drug-likeness (QED) is 0.750. The van der Waals surface area contributed by atoms with Gasteiger partial charge in [-0.3, -0.25) is 0 Å². The van der Waals surface area contributed by atoms with Crippen LogP contribution < -0.4 is 4.74 Å². The van der Waals surface area contributed by atoms with Crippen molar-refractivity contribution in [3.63, 3.8) is 0 Å². The number of thiophene rings is 1. The first-order chi connectivity index (χ1) is 6.24. The number of halogens is 1. The van der Waals surface area contributed by atoms with E-state index in [0.717, 1.165) is 10.2 Å². The molecule has 1 aromatic carbocycles. The molecule has 0 aliphatic heterocycles. The minimum Gasteiger partial charge on any atom is -0.496 e. The van der Waals surface area contributed by atoms with Gasteiger partial charge in [-0.1, -0.05) is 0 Å². The highest BCUT2D eigenvalue weighted by atomic mass is 79.9. The van der Waals surface area contributed by atoms with Crippen molar-refractivity contribution in [1.29, 1.82) is 0 Å². The molecule has 0 N–H and O–H groups in total. The molecule has 1 aromatic heterocycles. The van der Waals surface area contributed by atoms with Crippen LogP contribution >= 0.6 is 27.3 Å². The molecule has 3 heteroatoms. The predicted molar refractivity (Wildman–Crippen MR) is 60.8 cm³/mol. The number of rotatable bonds is 1. The van der Waals surface area contributed by atoms with E-state index in [2.05, 4.69) is 34.3 Å². The average molecular weight is 257 g/mol. The van der Waals surface area contributed by atoms with Crippen LogP contribution in [0.1, 0.15) is 5.56 Å². The molecule has 0 spiro atoms. The molecular formula is C10H9BrOS. The summed E-state index contributed by atoms with van der Waals surface area (Å²) < 4.78 is 7.68. The highest BCUT2D eigenvalue weighted by Crippen LogP contribution is 2.36. The number of aryl methyl sites for hydroxylation is 1. The topological polar surface area (TPSA) is 9.23 Å². The van der Waals surface area contributed by atoms with Gasteiger partial charge in [0.05, 0.1) is 7.11 Å². The molecule has 0 saturated carbocycles. The summed E-state index contributed by atoms with van der Waals surface area (Å²) in [4.78, 5) is 0. The van der Waals surface area contributed by atoms with E-state index in [0.29, 0.717) is 0 Å². The maximum absolute atomic E-state index is 5.28. The zero-order valence-electron chi connectivity index (χ0n) is 7.43. The highest BCUT2D eigenvalue weighted by Gasteiger charge is 2.08. The Bertz CT molecular complexity index is 447. The second kappa shape index (κ2) is 3.31. The van der Waals surface area contributed by atoms with Gasteiger partial charge in [0.25, 0.3) is 0 Å². The normalized spacial score (nSPS) is 10.7. The monoisotopic (exact) mass is 256 g/mol. The largest absolute Gasteiger partial charge is 0.496 e. The lowest BCUT2D eigenvalue weighted by atomic mass is 10.1. The maximum Gasteiger partial charge on any atom is 0.123 e. The fourth-order valence-electron chi connectivity index (χ4n) is 1.42. The number of hydrogen-bond acceptors (Lipinski definition) is 2. The van der Waals surface area contributed by atoms with Gasteiger partial charge < -0.3 is 4.74 Å². The first kappa shape index (κ1) is 9.03. The lowest BCUT2D eigenvalue weighted by Gasteiger charge is -2.06. The maximum atomic E-state index is 5.28. The summed E-state index contributed by atoms with van der Waals surface area (Å²) in [6.07, 6.45) is 0. The third-order valence-corrected chi connectivity index (χ3v) is 3.97. The van der Waals surface area contributed by atoms with Gasteiger partial charge in [0.2, 0.25) is 0 Å². The summed E-state index contributed by atoms with van der Waals surface area (Å²) in [5, 5.41) is 3.37. The van der Waals surface area contributed by atoms with E-state index in [4.69, 9.17) is 4.74 Å². The van der Waals surface area contributed by atoms with Gasteiger partial charge >= 0.3 is 0 Å². The van der Waals surface area contributed by atoms with Crippen LogP contribution in [0.2, 0.25) is 0 Å². The summed E-state index contributed by atoms with van der Waals surface area (Å²) in [7, 11) is 1.70. The van der Waals surface area contributed by atoms with Crippen LogP contribution in [-0.4, -0.2) is 7.11 Å². The number of benzene rings is 1. The van der Waals surface area contributed by atoms with Crippen molar-refractivity contribution < 1.29 is 4.74 Å². The number of hydrogen-bond donors (Lipinski definition) is 0. The van der Waals surface area contributed by atoms with Crippen molar-refractivity contribution in [2.45, 2.75) is 6.92 Å². The van der Waals surface area contributed by atoms with E-state index in [-0.39, 0.29) is 0 Å². The Kier molecular flexibility index (Phi) is 2.30. The van der Waals surface area contributed by atoms with E-state index in [1.807, 2.05) is 6.07 Å². The molecule has 1 heterocycles. The van der Waals surface area contributed by atoms with E-state index < -0.39 is 0 Å². The summed E-state index contributed by atoms with van der Waals surface area (Å²) in [5.74, 6) is 0.942. The smallest absolute Gasteiger partial charge is 0.123 e. The van der Waals surface area contributed by atoms with Crippen molar-refractivity contribution in [2.24, 2.45) is 0 Å². The molecule has 2 rings (SSSR count). The molecule has 0 aliphatic rings. The molecule has 0 aliphatic carbocycles. The molecule has 0 saturated heterocycles. The van der Waals surface area contributed by atoms with Gasteiger partial charge in [-0.15, -0.1) is 11.3 Å². The number of ether oxygens (including phenoxy) is 1. The van der Waals surface area contributed by atoms with Crippen LogP contribution in [0, 0.1) is 6.92 Å². The summed E-state index contributed by atoms with van der Waals surface area (Å²) in [5.41, 5.74) is 1.21. The molecular weight excluding hydrogens is 248 g/mol. The van der Waals surface area contributed by atoms with Crippen molar-refractivity contribution in [3.05, 3.63) is 27.5 Å². The van der Waals surface area contributed by atoms with Gasteiger partial charge in [-0.2, -0.15) is 0 Å². The SMILES string of the molecule is COc1cc(Br)c2sccc2c1C. The Morgan fingerprint density at radius 2 is 2.23 bits per heavy atom. The van der Waals surface area contributed by atoms with Gasteiger partial charge in [0, 0.05) is 14.6 Å². The molecule has 13 heavy (non-hydrogen) atoms. The zero-order chi connectivity index (χ0) is 9.42. The fourth-order valence-corrected chi connectivity index (χ4v) is 2.98. The van der Waals surface area contributed by atoms with Crippen LogP contribution in [-0.2, 0) is 0 Å². The van der Waals surface area contributed by atoms with Gasteiger partial charge in [-0.05, 0) is 45.9 Å². The Morgan fingerprint density at radius 3 is 2.92 bits per heavy atom. The Morgan fingerprint density at radius 1 is 1.46 bits per heavy atom. The molecule has 2 aromatic rings. The predicted octanol–water partition coefficient (Wildman–Crippen LogP) is 3.98. The Labute approximate surface area is 89.5 Å². The van der Waals surface area contributed by atoms with Crippen molar-refractivity contribution in [2.75, 3.05) is 7.11 Å². The van der Waals surface area contributed by atoms with E-state index >= 15 is 0 Å². The van der Waals surface area contributed by atoms with Crippen LogP contribution in [0.4, 0.5) is 0 Å². The molecule has 0 bridgehead atoms. The molecule has 1 nitrogen and oxygen atoms in total. The first-order valence-corrected chi connectivity index (χ1v) is 5.61. The van der Waals surface area contributed by atoms with E-state index in [1.54, 1.807) is 18.4 Å². The lowest BCUT2D eigenvalue weighted by molar-refractivity contribution is 0.412. The average Bonchev–Trinajstić information content (AvgIpc) is 2.60.